The van der Waals surface area contributed by atoms with Crippen LogP contribution < -0.4 is 9.83 Å². The van der Waals surface area contributed by atoms with E-state index in [0.29, 0.717) is 12.1 Å². The Morgan fingerprint density at radius 3 is 2.40 bits per heavy atom. The Labute approximate surface area is 117 Å². The smallest absolute Gasteiger partial charge is 0.416 e. The maximum absolute atomic E-state index is 12.5. The average molecular weight is 331 g/mol. The van der Waals surface area contributed by atoms with Crippen LogP contribution in [0, 0.1) is 0 Å². The maximum atomic E-state index is 12.5. The second kappa shape index (κ2) is 5.58. The third kappa shape index (κ3) is 3.84. The number of alkyl halides is 3. The predicted molar refractivity (Wildman–Crippen MR) is 61.2 cm³/mol. The summed E-state index contributed by atoms with van der Waals surface area (Å²) in [7, 11) is -4.52. The number of aliphatic carboxylic acids is 1. The Kier molecular flexibility index (Phi) is 4.67. The highest BCUT2D eigenvalue weighted by atomic mass is 35.5. The van der Waals surface area contributed by atoms with Gasteiger partial charge in [-0.2, -0.15) is 13.2 Å². The molecule has 0 aliphatic carbocycles. The summed E-state index contributed by atoms with van der Waals surface area (Å²) in [6.07, 6.45) is -4.76. The van der Waals surface area contributed by atoms with Gasteiger partial charge in [0.25, 0.3) is 0 Å². The summed E-state index contributed by atoms with van der Waals surface area (Å²) in [4.78, 5) is 9.61. The van der Waals surface area contributed by atoms with Crippen LogP contribution in [-0.4, -0.2) is 20.4 Å². The molecule has 0 aromatic heterocycles. The Balaban J connectivity index is 3.28. The first kappa shape index (κ1) is 16.7. The van der Waals surface area contributed by atoms with Gasteiger partial charge in [-0.1, -0.05) is 11.6 Å². The molecular formula is C10H8ClF3NO4S-. The lowest BCUT2D eigenvalue weighted by atomic mass is 10.2. The van der Waals surface area contributed by atoms with Crippen LogP contribution in [0.2, 0.25) is 5.02 Å². The van der Waals surface area contributed by atoms with E-state index in [1.54, 1.807) is 4.72 Å². The lowest BCUT2D eigenvalue weighted by Gasteiger charge is -2.16. The van der Waals surface area contributed by atoms with Gasteiger partial charge in [0.15, 0.2) is 0 Å². The van der Waals surface area contributed by atoms with E-state index in [9.17, 15) is 31.5 Å². The number of rotatable bonds is 4. The molecule has 0 spiro atoms. The Morgan fingerprint density at radius 1 is 1.40 bits per heavy atom. The Morgan fingerprint density at radius 2 is 1.95 bits per heavy atom. The largest absolute Gasteiger partial charge is 0.548 e. The highest BCUT2D eigenvalue weighted by Gasteiger charge is 2.33. The zero-order valence-corrected chi connectivity index (χ0v) is 11.4. The highest BCUT2D eigenvalue weighted by molar-refractivity contribution is 7.89. The molecule has 0 radical (unpaired) electrons. The monoisotopic (exact) mass is 330 g/mol. The molecule has 10 heteroatoms. The molecule has 0 bridgehead atoms. The fraction of sp³-hybridized carbons (Fsp3) is 0.300. The standard InChI is InChI=1S/C10H9ClF3NO4S/c1-5(9(16)17)15-20(18,19)8-4-6(10(12,13)14)2-3-7(8)11/h2-5,15H,1H3,(H,16,17)/p-1/t5-/m1/s1. The molecule has 1 rings (SSSR count). The van der Waals surface area contributed by atoms with Crippen molar-refractivity contribution >= 4 is 27.6 Å². The zero-order valence-electron chi connectivity index (χ0n) is 9.86. The lowest BCUT2D eigenvalue weighted by molar-refractivity contribution is -0.307. The Hall–Kier alpha value is -1.32. The molecule has 0 fully saturated rings. The molecule has 0 amide bonds. The van der Waals surface area contributed by atoms with Gasteiger partial charge < -0.3 is 9.90 Å². The van der Waals surface area contributed by atoms with Gasteiger partial charge >= 0.3 is 6.18 Å². The number of sulfonamides is 1. The van der Waals surface area contributed by atoms with Crippen LogP contribution in [0.1, 0.15) is 12.5 Å². The molecule has 0 heterocycles. The van der Waals surface area contributed by atoms with Gasteiger partial charge in [0.1, 0.15) is 4.90 Å². The van der Waals surface area contributed by atoms with E-state index in [0.717, 1.165) is 13.0 Å². The molecule has 1 aromatic rings. The molecule has 0 saturated heterocycles. The van der Waals surface area contributed by atoms with Crippen LogP contribution in [0.15, 0.2) is 23.1 Å². The predicted octanol–water partition coefficient (Wildman–Crippen LogP) is 0.776. The van der Waals surface area contributed by atoms with Crippen LogP contribution in [0.5, 0.6) is 0 Å². The van der Waals surface area contributed by atoms with E-state index in [4.69, 9.17) is 11.6 Å². The first-order valence-electron chi connectivity index (χ1n) is 5.05. The number of benzene rings is 1. The number of hydrogen-bond donors (Lipinski definition) is 1. The molecule has 20 heavy (non-hydrogen) atoms. The summed E-state index contributed by atoms with van der Waals surface area (Å²) < 4.78 is 62.8. The number of carbonyl (C=O) groups is 1. The van der Waals surface area contributed by atoms with Crippen LogP contribution in [0.3, 0.4) is 0 Å². The summed E-state index contributed by atoms with van der Waals surface area (Å²) in [5.74, 6) is -1.73. The third-order valence-electron chi connectivity index (χ3n) is 2.23. The van der Waals surface area contributed by atoms with Crippen molar-refractivity contribution in [2.45, 2.75) is 24.0 Å². The van der Waals surface area contributed by atoms with Crippen molar-refractivity contribution in [3.05, 3.63) is 28.8 Å². The van der Waals surface area contributed by atoms with E-state index >= 15 is 0 Å². The van der Waals surface area contributed by atoms with Crippen molar-refractivity contribution in [1.29, 1.82) is 0 Å². The van der Waals surface area contributed by atoms with Crippen molar-refractivity contribution < 1.29 is 31.5 Å². The molecule has 1 atom stereocenters. The van der Waals surface area contributed by atoms with Crippen LogP contribution in [0.25, 0.3) is 0 Å². The highest BCUT2D eigenvalue weighted by Crippen LogP contribution is 2.33. The van der Waals surface area contributed by atoms with Crippen molar-refractivity contribution in [1.82, 2.24) is 4.72 Å². The number of carbonyl (C=O) groups excluding carboxylic acids is 1. The fourth-order valence-electron chi connectivity index (χ4n) is 1.23. The summed E-state index contributed by atoms with van der Waals surface area (Å²) in [6, 6.07) is 0.0874. The number of carboxylic acid groups (broad SMARTS) is 1. The SMILES string of the molecule is C[C@@H](NS(=O)(=O)c1cc(C(F)(F)F)ccc1Cl)C(=O)[O-]. The number of halogens is 4. The molecule has 112 valence electrons. The topological polar surface area (TPSA) is 86.3 Å². The van der Waals surface area contributed by atoms with Crippen molar-refractivity contribution in [3.8, 4) is 0 Å². The van der Waals surface area contributed by atoms with Gasteiger partial charge in [0, 0.05) is 0 Å². The molecule has 1 aromatic carbocycles. The summed E-state index contributed by atoms with van der Waals surface area (Å²) in [6.45, 7) is 0.967. The lowest BCUT2D eigenvalue weighted by Crippen LogP contribution is -2.45. The van der Waals surface area contributed by atoms with E-state index in [1.165, 1.54) is 0 Å². The van der Waals surface area contributed by atoms with E-state index in [2.05, 4.69) is 0 Å². The van der Waals surface area contributed by atoms with Gasteiger partial charge in [-0.15, -0.1) is 0 Å². The van der Waals surface area contributed by atoms with Crippen LogP contribution in [0.4, 0.5) is 13.2 Å². The quantitative estimate of drug-likeness (QED) is 0.883. The van der Waals surface area contributed by atoms with Crippen molar-refractivity contribution in [2.75, 3.05) is 0 Å². The van der Waals surface area contributed by atoms with Gasteiger partial charge in [-0.3, -0.25) is 0 Å². The maximum Gasteiger partial charge on any atom is 0.416 e. The third-order valence-corrected chi connectivity index (χ3v) is 4.26. The van der Waals surface area contributed by atoms with E-state index in [1.807, 2.05) is 0 Å². The normalized spacial score (nSPS) is 14.1. The number of nitrogens with one attached hydrogen (secondary N) is 1. The number of carboxylic acids is 1. The second-order valence-electron chi connectivity index (χ2n) is 3.80. The van der Waals surface area contributed by atoms with E-state index in [-0.39, 0.29) is 0 Å². The van der Waals surface area contributed by atoms with E-state index < -0.39 is 43.7 Å². The molecule has 0 unspecified atom stereocenters. The van der Waals surface area contributed by atoms with Crippen LogP contribution >= 0.6 is 11.6 Å². The van der Waals surface area contributed by atoms with Crippen LogP contribution in [-0.2, 0) is 21.0 Å². The minimum absolute atomic E-state index is 0.326. The second-order valence-corrected chi connectivity index (χ2v) is 5.89. The minimum Gasteiger partial charge on any atom is -0.548 e. The fourth-order valence-corrected chi connectivity index (χ4v) is 2.95. The van der Waals surface area contributed by atoms with Crippen molar-refractivity contribution in [2.24, 2.45) is 0 Å². The summed E-state index contributed by atoms with van der Waals surface area (Å²) in [5, 5.41) is 10.0. The average Bonchev–Trinajstić information content (AvgIpc) is 2.26. The van der Waals surface area contributed by atoms with Gasteiger partial charge in [0.05, 0.1) is 22.6 Å². The molecule has 1 N–H and O–H groups in total. The summed E-state index contributed by atoms with van der Waals surface area (Å²) in [5.41, 5.74) is -1.22. The molecule has 0 saturated carbocycles. The van der Waals surface area contributed by atoms with Gasteiger partial charge in [-0.05, 0) is 25.1 Å². The molecule has 5 nitrogen and oxygen atoms in total. The van der Waals surface area contributed by atoms with Gasteiger partial charge in [-0.25, -0.2) is 13.1 Å². The summed E-state index contributed by atoms with van der Waals surface area (Å²) >= 11 is 5.54. The number of hydrogen-bond acceptors (Lipinski definition) is 4. The minimum atomic E-state index is -4.76. The zero-order chi connectivity index (χ0) is 15.7. The Bertz CT molecular complexity index is 630. The molecular weight excluding hydrogens is 323 g/mol. The molecule has 0 aliphatic heterocycles. The molecule has 0 aliphatic rings. The first-order chi connectivity index (χ1) is 8.95. The first-order valence-corrected chi connectivity index (χ1v) is 6.91. The van der Waals surface area contributed by atoms with Crippen molar-refractivity contribution in [3.63, 3.8) is 0 Å². The van der Waals surface area contributed by atoms with Gasteiger partial charge in [0.2, 0.25) is 10.0 Å².